The zero-order chi connectivity index (χ0) is 19.2. The van der Waals surface area contributed by atoms with Gasteiger partial charge in [-0.05, 0) is 18.2 Å². The van der Waals surface area contributed by atoms with Crippen LogP contribution in [-0.4, -0.2) is 38.4 Å². The summed E-state index contributed by atoms with van der Waals surface area (Å²) in [6.45, 7) is 1.19. The first kappa shape index (κ1) is 19.1. The summed E-state index contributed by atoms with van der Waals surface area (Å²) in [5, 5.41) is 0. The van der Waals surface area contributed by atoms with Crippen molar-refractivity contribution >= 4 is 27.5 Å². The lowest BCUT2D eigenvalue weighted by molar-refractivity contribution is -0.117. The average molecular weight is 386 g/mol. The van der Waals surface area contributed by atoms with Crippen molar-refractivity contribution in [2.75, 3.05) is 27.9 Å². The van der Waals surface area contributed by atoms with Crippen LogP contribution in [0, 0.1) is 0 Å². The number of hydrogen-bond donors (Lipinski definition) is 0. The van der Waals surface area contributed by atoms with Gasteiger partial charge >= 0.3 is 0 Å². The molecule has 1 aromatic heterocycles. The molecule has 0 N–H and O–H groups in total. The van der Waals surface area contributed by atoms with Gasteiger partial charge in [0.15, 0.2) is 4.80 Å². The maximum Gasteiger partial charge on any atom is 0.252 e. The molecule has 0 saturated heterocycles. The summed E-state index contributed by atoms with van der Waals surface area (Å²) in [6.07, 6.45) is 0.158. The van der Waals surface area contributed by atoms with Gasteiger partial charge in [0, 0.05) is 25.3 Å². The number of methoxy groups -OCH3 is 3. The summed E-state index contributed by atoms with van der Waals surface area (Å²) < 4.78 is 18.9. The van der Waals surface area contributed by atoms with Gasteiger partial charge in [-0.3, -0.25) is 4.79 Å². The van der Waals surface area contributed by atoms with Crippen molar-refractivity contribution in [3.63, 3.8) is 0 Å². The number of para-hydroxylation sites is 1. The molecule has 0 aliphatic heterocycles. The molecule has 0 unspecified atom stereocenters. The quantitative estimate of drug-likeness (QED) is 0.626. The third-order valence-electron chi connectivity index (χ3n) is 4.16. The molecule has 0 bridgehead atoms. The van der Waals surface area contributed by atoms with E-state index in [4.69, 9.17) is 14.2 Å². The molecule has 27 heavy (non-hydrogen) atoms. The van der Waals surface area contributed by atoms with Gasteiger partial charge in [0.2, 0.25) is 0 Å². The van der Waals surface area contributed by atoms with Crippen LogP contribution in [-0.2, 0) is 22.5 Å². The van der Waals surface area contributed by atoms with Crippen LogP contribution in [0.4, 0.5) is 0 Å². The van der Waals surface area contributed by atoms with Gasteiger partial charge in [-0.2, -0.15) is 4.99 Å². The van der Waals surface area contributed by atoms with Crippen molar-refractivity contribution in [3.05, 3.63) is 52.8 Å². The van der Waals surface area contributed by atoms with Crippen LogP contribution in [0.1, 0.15) is 5.56 Å². The fourth-order valence-electron chi connectivity index (χ4n) is 2.81. The van der Waals surface area contributed by atoms with Gasteiger partial charge in [-0.15, -0.1) is 0 Å². The van der Waals surface area contributed by atoms with Crippen LogP contribution < -0.4 is 14.3 Å². The van der Waals surface area contributed by atoms with Crippen molar-refractivity contribution in [2.45, 2.75) is 13.0 Å². The number of benzene rings is 2. The molecule has 2 aromatic carbocycles. The van der Waals surface area contributed by atoms with E-state index in [1.807, 2.05) is 41.0 Å². The van der Waals surface area contributed by atoms with Gasteiger partial charge < -0.3 is 18.8 Å². The van der Waals surface area contributed by atoms with Gasteiger partial charge in [0.1, 0.15) is 11.5 Å². The number of thiazole rings is 1. The third kappa shape index (κ3) is 4.37. The first-order chi connectivity index (χ1) is 13.2. The lowest BCUT2D eigenvalue weighted by Crippen LogP contribution is -2.19. The maximum atomic E-state index is 12.6. The number of rotatable bonds is 7. The van der Waals surface area contributed by atoms with Crippen molar-refractivity contribution in [3.8, 4) is 11.5 Å². The second-order valence-electron chi connectivity index (χ2n) is 5.86. The van der Waals surface area contributed by atoms with Crippen molar-refractivity contribution in [2.24, 2.45) is 4.99 Å². The smallest absolute Gasteiger partial charge is 0.252 e. The molecule has 6 nitrogen and oxygen atoms in total. The summed E-state index contributed by atoms with van der Waals surface area (Å²) in [7, 11) is 4.83. The summed E-state index contributed by atoms with van der Waals surface area (Å²) in [4.78, 5) is 17.7. The Morgan fingerprint density at radius 1 is 1.11 bits per heavy atom. The first-order valence-corrected chi connectivity index (χ1v) is 9.33. The van der Waals surface area contributed by atoms with E-state index in [1.165, 1.54) is 11.3 Å². The van der Waals surface area contributed by atoms with E-state index in [1.54, 1.807) is 27.4 Å². The molecule has 142 valence electrons. The van der Waals surface area contributed by atoms with E-state index in [0.717, 1.165) is 15.8 Å². The normalized spacial score (nSPS) is 11.7. The molecule has 3 aromatic rings. The highest BCUT2D eigenvalue weighted by atomic mass is 32.1. The first-order valence-electron chi connectivity index (χ1n) is 8.52. The zero-order valence-electron chi connectivity index (χ0n) is 15.6. The monoisotopic (exact) mass is 386 g/mol. The van der Waals surface area contributed by atoms with E-state index in [-0.39, 0.29) is 12.3 Å². The molecule has 0 aliphatic rings. The zero-order valence-corrected chi connectivity index (χ0v) is 16.4. The fraction of sp³-hybridized carbons (Fsp3) is 0.300. The minimum atomic E-state index is -0.226. The molecule has 0 spiro atoms. The maximum absolute atomic E-state index is 12.6. The van der Waals surface area contributed by atoms with Crippen molar-refractivity contribution < 1.29 is 19.0 Å². The van der Waals surface area contributed by atoms with Crippen LogP contribution in [0.3, 0.4) is 0 Å². The molecule has 0 aliphatic carbocycles. The second-order valence-corrected chi connectivity index (χ2v) is 6.87. The van der Waals surface area contributed by atoms with Gasteiger partial charge in [0.05, 0.1) is 37.5 Å². The van der Waals surface area contributed by atoms with Crippen LogP contribution in [0.15, 0.2) is 47.5 Å². The molecule has 1 amide bonds. The Morgan fingerprint density at radius 3 is 2.67 bits per heavy atom. The predicted molar refractivity (Wildman–Crippen MR) is 106 cm³/mol. The Hall–Kier alpha value is -2.64. The lowest BCUT2D eigenvalue weighted by Gasteiger charge is -2.09. The molecular formula is C20H22N2O4S. The molecule has 0 radical (unpaired) electrons. The standard InChI is InChI=1S/C20H22N2O4S/c1-24-11-10-22-16-6-4-5-7-18(16)27-20(22)21-19(23)12-14-8-9-15(25-2)13-17(14)26-3/h4-9,13H,10-12H2,1-3H3. The Balaban J connectivity index is 1.93. The van der Waals surface area contributed by atoms with Gasteiger partial charge in [-0.1, -0.05) is 29.5 Å². The van der Waals surface area contributed by atoms with E-state index >= 15 is 0 Å². The Kier molecular flexibility index (Phi) is 6.26. The largest absolute Gasteiger partial charge is 0.497 e. The lowest BCUT2D eigenvalue weighted by atomic mass is 10.1. The predicted octanol–water partition coefficient (Wildman–Crippen LogP) is 3.04. The topological polar surface area (TPSA) is 62.1 Å². The molecular weight excluding hydrogens is 364 g/mol. The summed E-state index contributed by atoms with van der Waals surface area (Å²) in [5.41, 5.74) is 1.82. The number of carbonyl (C=O) groups excluding carboxylic acids is 1. The number of nitrogens with zero attached hydrogens (tertiary/aromatic N) is 2. The molecule has 3 rings (SSSR count). The summed E-state index contributed by atoms with van der Waals surface area (Å²) in [5.74, 6) is 1.07. The third-order valence-corrected chi connectivity index (χ3v) is 5.22. The molecule has 1 heterocycles. The number of fused-ring (bicyclic) bond motifs is 1. The Morgan fingerprint density at radius 2 is 1.93 bits per heavy atom. The molecule has 0 fully saturated rings. The van der Waals surface area contributed by atoms with Crippen LogP contribution in [0.2, 0.25) is 0 Å². The Labute approximate surface area is 161 Å². The number of carbonyl (C=O) groups is 1. The Bertz CT molecular complexity index is 1010. The fourth-order valence-corrected chi connectivity index (χ4v) is 3.89. The molecule has 7 heteroatoms. The SMILES string of the molecule is COCCn1c(=NC(=O)Cc2ccc(OC)cc2OC)sc2ccccc21. The van der Waals surface area contributed by atoms with E-state index in [0.29, 0.717) is 29.5 Å². The van der Waals surface area contributed by atoms with Crippen molar-refractivity contribution in [1.82, 2.24) is 4.57 Å². The summed E-state index contributed by atoms with van der Waals surface area (Å²) >= 11 is 1.50. The highest BCUT2D eigenvalue weighted by Crippen LogP contribution is 2.25. The van der Waals surface area contributed by atoms with Gasteiger partial charge in [-0.25, -0.2) is 0 Å². The average Bonchev–Trinajstić information content (AvgIpc) is 3.03. The van der Waals surface area contributed by atoms with Crippen LogP contribution in [0.25, 0.3) is 10.2 Å². The number of aromatic nitrogens is 1. The molecule has 0 saturated carbocycles. The second kappa shape index (κ2) is 8.83. The van der Waals surface area contributed by atoms with E-state index < -0.39 is 0 Å². The summed E-state index contributed by atoms with van der Waals surface area (Å²) in [6, 6.07) is 13.4. The minimum absolute atomic E-state index is 0.158. The highest BCUT2D eigenvalue weighted by molar-refractivity contribution is 7.16. The number of amides is 1. The van der Waals surface area contributed by atoms with Crippen LogP contribution >= 0.6 is 11.3 Å². The highest BCUT2D eigenvalue weighted by Gasteiger charge is 2.11. The minimum Gasteiger partial charge on any atom is -0.497 e. The molecule has 0 atom stereocenters. The number of hydrogen-bond acceptors (Lipinski definition) is 5. The van der Waals surface area contributed by atoms with Crippen LogP contribution in [0.5, 0.6) is 11.5 Å². The van der Waals surface area contributed by atoms with E-state index in [2.05, 4.69) is 4.99 Å². The number of ether oxygens (including phenoxy) is 3. The van der Waals surface area contributed by atoms with E-state index in [9.17, 15) is 4.79 Å². The van der Waals surface area contributed by atoms with Gasteiger partial charge in [0.25, 0.3) is 5.91 Å². The van der Waals surface area contributed by atoms with Crippen molar-refractivity contribution in [1.29, 1.82) is 0 Å².